The highest BCUT2D eigenvalue weighted by Crippen LogP contribution is 2.20. The number of carbonyl (C=O) groups is 1. The number of aliphatic carboxylic acids is 1. The van der Waals surface area contributed by atoms with E-state index in [-0.39, 0.29) is 0 Å². The Morgan fingerprint density at radius 2 is 1.86 bits per heavy atom. The van der Waals surface area contributed by atoms with Crippen LogP contribution in [0.1, 0.15) is 31.9 Å². The van der Waals surface area contributed by atoms with Crippen molar-refractivity contribution in [1.82, 2.24) is 4.72 Å². The predicted molar refractivity (Wildman–Crippen MR) is 86.2 cm³/mol. The first-order valence-electron chi connectivity index (χ1n) is 6.54. The highest BCUT2D eigenvalue weighted by molar-refractivity contribution is 7.84. The Kier molecular flexibility index (Phi) is 5.67. The van der Waals surface area contributed by atoms with Crippen molar-refractivity contribution in [2.45, 2.75) is 38.5 Å². The van der Waals surface area contributed by atoms with Gasteiger partial charge in [-0.25, -0.2) is 8.93 Å². The summed E-state index contributed by atoms with van der Waals surface area (Å²) in [6.07, 6.45) is 0. The fourth-order valence-corrected chi connectivity index (χ4v) is 2.41. The molecule has 0 aromatic heterocycles. The van der Waals surface area contributed by atoms with Gasteiger partial charge in [-0.3, -0.25) is 4.79 Å². The van der Waals surface area contributed by atoms with E-state index in [0.29, 0.717) is 11.1 Å². The van der Waals surface area contributed by atoms with Crippen molar-refractivity contribution in [2.24, 2.45) is 0 Å². The lowest BCUT2D eigenvalue weighted by Gasteiger charge is -2.23. The van der Waals surface area contributed by atoms with Gasteiger partial charge in [-0.05, 0) is 33.3 Å². The first-order valence-corrected chi connectivity index (χ1v) is 7.69. The van der Waals surface area contributed by atoms with Crippen LogP contribution in [-0.2, 0) is 15.8 Å². The van der Waals surface area contributed by atoms with Crippen LogP contribution in [0.4, 0.5) is 0 Å². The topological polar surface area (TPSA) is 66.4 Å². The van der Waals surface area contributed by atoms with E-state index in [9.17, 15) is 14.1 Å². The lowest BCUT2D eigenvalue weighted by molar-refractivity contribution is -0.137. The lowest BCUT2D eigenvalue weighted by Crippen LogP contribution is -2.44. The number of aryl methyl sites for hydroxylation is 1. The Morgan fingerprint density at radius 3 is 2.24 bits per heavy atom. The normalized spacial score (nSPS) is 14.1. The molecule has 0 spiro atoms. The molecule has 0 radical (unpaired) electrons. The Labute approximate surface area is 128 Å². The molecule has 2 atom stereocenters. The maximum atomic E-state index is 12.2. The number of benzene rings is 1. The fraction of sp³-hybridized carbons (Fsp3) is 0.375. The van der Waals surface area contributed by atoms with Gasteiger partial charge in [-0.1, -0.05) is 36.4 Å². The summed E-state index contributed by atoms with van der Waals surface area (Å²) in [7, 11) is -1.51. The molecule has 0 saturated carbocycles. The molecule has 2 N–H and O–H groups in total. The van der Waals surface area contributed by atoms with Crippen molar-refractivity contribution in [3.63, 3.8) is 0 Å². The maximum absolute atomic E-state index is 12.2. The Morgan fingerprint density at radius 1 is 1.33 bits per heavy atom. The van der Waals surface area contributed by atoms with E-state index in [1.54, 1.807) is 32.9 Å². The first-order chi connectivity index (χ1) is 9.66. The largest absolute Gasteiger partial charge is 0.480 e. The summed E-state index contributed by atoms with van der Waals surface area (Å²) in [6, 6.07) is 6.25. The fourth-order valence-electron chi connectivity index (χ4n) is 1.62. The second-order valence-electron chi connectivity index (χ2n) is 5.73. The van der Waals surface area contributed by atoms with E-state index in [1.807, 2.05) is 19.1 Å². The summed E-state index contributed by atoms with van der Waals surface area (Å²) in [5, 5.41) is 9.42. The summed E-state index contributed by atoms with van der Waals surface area (Å²) in [6.45, 7) is 10.8. The molecule has 5 heteroatoms. The zero-order valence-electron chi connectivity index (χ0n) is 12.8. The molecular formula is C16H21NO3S. The number of hydrogen-bond acceptors (Lipinski definition) is 2. The second-order valence-corrected chi connectivity index (χ2v) is 7.72. The minimum Gasteiger partial charge on any atom is -0.480 e. The maximum Gasteiger partial charge on any atom is 0.326 e. The summed E-state index contributed by atoms with van der Waals surface area (Å²) >= 11 is 0. The molecule has 1 aromatic carbocycles. The van der Waals surface area contributed by atoms with Gasteiger partial charge in [0.2, 0.25) is 0 Å². The number of carboxylic acid groups (broad SMARTS) is 1. The Hall–Kier alpha value is -1.68. The number of carboxylic acids is 1. The molecule has 0 aliphatic heterocycles. The van der Waals surface area contributed by atoms with Crippen LogP contribution in [0.15, 0.2) is 36.6 Å². The van der Waals surface area contributed by atoms with Crippen molar-refractivity contribution in [3.05, 3.63) is 47.7 Å². The van der Waals surface area contributed by atoms with Gasteiger partial charge in [0.05, 0.1) is 15.7 Å². The third-order valence-corrected chi connectivity index (χ3v) is 4.43. The van der Waals surface area contributed by atoms with E-state index in [4.69, 9.17) is 0 Å². The third-order valence-electron chi connectivity index (χ3n) is 2.87. The third kappa shape index (κ3) is 4.67. The average molecular weight is 307 g/mol. The van der Waals surface area contributed by atoms with Crippen molar-refractivity contribution in [1.29, 1.82) is 0 Å². The molecule has 4 nitrogen and oxygen atoms in total. The monoisotopic (exact) mass is 307 g/mol. The number of hydrogen-bond donors (Lipinski definition) is 2. The molecule has 1 rings (SSSR count). The second kappa shape index (κ2) is 6.85. The highest BCUT2D eigenvalue weighted by Gasteiger charge is 2.29. The minimum atomic E-state index is -1.51. The molecular weight excluding hydrogens is 286 g/mol. The van der Waals surface area contributed by atoms with Gasteiger partial charge < -0.3 is 5.11 Å². The van der Waals surface area contributed by atoms with Crippen molar-refractivity contribution in [2.75, 3.05) is 0 Å². The summed E-state index contributed by atoms with van der Waals surface area (Å²) in [5.41, 5.74) is 4.81. The van der Waals surface area contributed by atoms with Crippen LogP contribution in [0, 0.1) is 6.92 Å². The molecule has 0 bridgehead atoms. The molecule has 0 fully saturated rings. The average Bonchev–Trinajstić information content (AvgIpc) is 2.38. The van der Waals surface area contributed by atoms with E-state index in [2.05, 4.69) is 17.0 Å². The molecule has 0 saturated heterocycles. The molecule has 0 heterocycles. The van der Waals surface area contributed by atoms with Gasteiger partial charge >= 0.3 is 5.97 Å². The number of rotatable bonds is 5. The van der Waals surface area contributed by atoms with Crippen LogP contribution in [0.25, 0.3) is 5.57 Å². The van der Waals surface area contributed by atoms with E-state index < -0.39 is 27.7 Å². The molecule has 114 valence electrons. The van der Waals surface area contributed by atoms with Crippen LogP contribution in [0.3, 0.4) is 0 Å². The predicted octanol–water partition coefficient (Wildman–Crippen LogP) is 2.67. The summed E-state index contributed by atoms with van der Waals surface area (Å²) < 4.78 is 14.3. The zero-order chi connectivity index (χ0) is 16.2. The van der Waals surface area contributed by atoms with Gasteiger partial charge in [0, 0.05) is 5.57 Å². The lowest BCUT2D eigenvalue weighted by atomic mass is 9.99. The molecule has 1 aromatic rings. The van der Waals surface area contributed by atoms with Crippen LogP contribution < -0.4 is 4.72 Å². The van der Waals surface area contributed by atoms with Gasteiger partial charge in [0.1, 0.15) is 6.04 Å². The smallest absolute Gasteiger partial charge is 0.326 e. The highest BCUT2D eigenvalue weighted by atomic mass is 32.2. The van der Waals surface area contributed by atoms with E-state index >= 15 is 0 Å². The Bertz CT molecular complexity index is 593. The van der Waals surface area contributed by atoms with E-state index in [0.717, 1.165) is 5.56 Å². The quantitative estimate of drug-likeness (QED) is 0.822. The Balaban J connectivity index is 3.14. The van der Waals surface area contributed by atoms with Crippen LogP contribution >= 0.6 is 0 Å². The summed E-state index contributed by atoms with van der Waals surface area (Å²) in [4.78, 5) is 11.5. The van der Waals surface area contributed by atoms with Crippen LogP contribution in [0.5, 0.6) is 0 Å². The molecule has 21 heavy (non-hydrogen) atoms. The van der Waals surface area contributed by atoms with Crippen LogP contribution in [0.2, 0.25) is 0 Å². The molecule has 0 aliphatic carbocycles. The molecule has 0 aliphatic rings. The first kappa shape index (κ1) is 17.4. The van der Waals surface area contributed by atoms with Crippen molar-refractivity contribution < 1.29 is 14.1 Å². The SMILES string of the molecule is C=C=C(c1ccc(C)cc1)[C@H](NS(=O)C(C)(C)C)C(=O)O. The van der Waals surface area contributed by atoms with Gasteiger partial charge in [0.15, 0.2) is 0 Å². The standard InChI is InChI=1S/C16H21NO3S/c1-6-13(12-9-7-11(2)8-10-12)14(15(18)19)17-21(20)16(3,4)5/h7-10,14,17H,1H2,2-5H3,(H,18,19)/t14-,21?/m0/s1. The van der Waals surface area contributed by atoms with Gasteiger partial charge in [-0.15, -0.1) is 5.73 Å². The van der Waals surface area contributed by atoms with E-state index in [1.165, 1.54) is 0 Å². The van der Waals surface area contributed by atoms with Gasteiger partial charge in [0.25, 0.3) is 0 Å². The van der Waals surface area contributed by atoms with Crippen LogP contribution in [-0.4, -0.2) is 26.1 Å². The number of nitrogens with one attached hydrogen (secondary N) is 1. The summed E-state index contributed by atoms with van der Waals surface area (Å²) in [5.74, 6) is -1.11. The van der Waals surface area contributed by atoms with Gasteiger partial charge in [-0.2, -0.15) is 0 Å². The minimum absolute atomic E-state index is 0.375. The van der Waals surface area contributed by atoms with Crippen molar-refractivity contribution in [3.8, 4) is 0 Å². The van der Waals surface area contributed by atoms with Crippen molar-refractivity contribution >= 4 is 22.5 Å². The molecule has 1 unspecified atom stereocenters. The zero-order valence-corrected chi connectivity index (χ0v) is 13.6. The molecule has 0 amide bonds.